The summed E-state index contributed by atoms with van der Waals surface area (Å²) >= 11 is 12.6. The second kappa shape index (κ2) is 21.2. The zero-order chi connectivity index (χ0) is 36.5. The molecule has 0 atom stereocenters. The first-order valence-electron chi connectivity index (χ1n) is 15.3. The number of carbonyl (C=O) groups is 2. The maximum absolute atomic E-state index is 13.5. The van der Waals surface area contributed by atoms with E-state index in [1.54, 1.807) is 25.1 Å². The first-order chi connectivity index (χ1) is 22.0. The molecule has 0 radical (unpaired) electrons. The molecule has 2 aromatic rings. The fraction of sp³-hybridized carbons (Fsp3) is 0.400. The Morgan fingerprint density at radius 1 is 1.09 bits per heavy atom. The van der Waals surface area contributed by atoms with E-state index >= 15 is 0 Å². The van der Waals surface area contributed by atoms with Gasteiger partial charge in [0, 0.05) is 12.6 Å². The van der Waals surface area contributed by atoms with Gasteiger partial charge in [-0.05, 0) is 77.3 Å². The topological polar surface area (TPSA) is 102 Å². The van der Waals surface area contributed by atoms with E-state index in [4.69, 9.17) is 28.9 Å². The molecule has 4 N–H and O–H groups in total. The Morgan fingerprint density at radius 3 is 2.17 bits per heavy atom. The van der Waals surface area contributed by atoms with Crippen LogP contribution in [0, 0.1) is 0 Å². The average Bonchev–Trinajstić information content (AvgIpc) is 3.46. The first-order valence-corrected chi connectivity index (χ1v) is 16.0. The number of rotatable bonds is 10. The third-order valence-corrected chi connectivity index (χ3v) is 6.74. The molecular formula is C35H48Cl2F3N5O2. The fourth-order valence-electron chi connectivity index (χ4n) is 3.96. The van der Waals surface area contributed by atoms with E-state index in [0.29, 0.717) is 27.6 Å². The highest BCUT2D eigenvalue weighted by Crippen LogP contribution is 2.30. The van der Waals surface area contributed by atoms with Crippen molar-refractivity contribution < 1.29 is 22.8 Å². The van der Waals surface area contributed by atoms with Gasteiger partial charge in [-0.1, -0.05) is 85.5 Å². The van der Waals surface area contributed by atoms with Gasteiger partial charge >= 0.3 is 6.18 Å². The number of anilines is 1. The van der Waals surface area contributed by atoms with Crippen LogP contribution in [0.15, 0.2) is 53.1 Å². The molecule has 0 spiro atoms. The number of hydrogen-bond acceptors (Lipinski definition) is 4. The Bertz CT molecular complexity index is 1600. The van der Waals surface area contributed by atoms with Crippen molar-refractivity contribution in [1.29, 1.82) is 0 Å². The van der Waals surface area contributed by atoms with Crippen molar-refractivity contribution in [2.75, 3.05) is 11.9 Å². The van der Waals surface area contributed by atoms with E-state index in [9.17, 15) is 22.8 Å². The maximum atomic E-state index is 13.5. The molecule has 1 aromatic heterocycles. The fourth-order valence-corrected chi connectivity index (χ4v) is 4.41. The summed E-state index contributed by atoms with van der Waals surface area (Å²) in [5, 5.41) is 9.94. The minimum atomic E-state index is -4.86. The standard InChI is InChI=1S/C30H36Cl2F3N5O2.C3H6.C2H6/c1-7-10-20-15-22(28(41)37-14-13-18(5)12-9-11-17(3)4)26(25(32)21(20)8-2)38-29(42)23-16-24(30(33,34)35)39-40(23)27(36)19(6)31;1-3-2;1-2/h8,10-11,13,15-16H,7,9,12,14,36H2,1-6H3,(H,37,41)(H,38,42);3H,1H2,2H3;1-2H3/b18-13+,20-10-,21-8+,27-19-;;. The van der Waals surface area contributed by atoms with Crippen molar-refractivity contribution in [3.05, 3.63) is 85.5 Å². The van der Waals surface area contributed by atoms with Gasteiger partial charge in [-0.15, -0.1) is 6.58 Å². The largest absolute Gasteiger partial charge is 0.435 e. The summed E-state index contributed by atoms with van der Waals surface area (Å²) in [5.74, 6) is -1.93. The molecule has 12 heteroatoms. The number of alkyl halides is 3. The molecule has 1 aromatic carbocycles. The van der Waals surface area contributed by atoms with Crippen LogP contribution < -0.4 is 26.8 Å². The van der Waals surface area contributed by atoms with Crippen LogP contribution in [0.1, 0.15) is 108 Å². The van der Waals surface area contributed by atoms with Crippen LogP contribution in [-0.2, 0) is 6.18 Å². The third-order valence-electron chi connectivity index (χ3n) is 6.15. The Morgan fingerprint density at radius 2 is 1.68 bits per heavy atom. The summed E-state index contributed by atoms with van der Waals surface area (Å²) in [6.07, 6.45) is 6.85. The molecule has 0 unspecified atom stereocenters. The maximum Gasteiger partial charge on any atom is 0.435 e. The molecule has 47 heavy (non-hydrogen) atoms. The third kappa shape index (κ3) is 13.5. The number of halogens is 5. The molecular weight excluding hydrogens is 650 g/mol. The Hall–Kier alpha value is -3.76. The molecule has 0 aliphatic carbocycles. The van der Waals surface area contributed by atoms with Crippen molar-refractivity contribution in [2.45, 2.75) is 87.8 Å². The molecule has 1 heterocycles. The normalized spacial score (nSPS) is 12.6. The van der Waals surface area contributed by atoms with Crippen LogP contribution >= 0.6 is 23.2 Å². The first kappa shape index (κ1) is 43.2. The van der Waals surface area contributed by atoms with Crippen LogP contribution in [0.5, 0.6) is 0 Å². The second-order valence-electron chi connectivity index (χ2n) is 10.2. The number of amides is 2. The molecule has 0 saturated carbocycles. The highest BCUT2D eigenvalue weighted by atomic mass is 35.5. The number of benzene rings is 1. The Labute approximate surface area is 286 Å². The lowest BCUT2D eigenvalue weighted by molar-refractivity contribution is -0.141. The second-order valence-corrected chi connectivity index (χ2v) is 11.1. The van der Waals surface area contributed by atoms with Gasteiger partial charge in [-0.25, -0.2) is 4.68 Å². The Kier molecular flexibility index (Phi) is 19.5. The predicted molar refractivity (Wildman–Crippen MR) is 192 cm³/mol. The van der Waals surface area contributed by atoms with Crippen molar-refractivity contribution in [2.24, 2.45) is 5.73 Å². The van der Waals surface area contributed by atoms with Gasteiger partial charge in [-0.3, -0.25) is 9.59 Å². The zero-order valence-electron chi connectivity index (χ0n) is 28.8. The summed E-state index contributed by atoms with van der Waals surface area (Å²) in [5.41, 5.74) is 6.23. The number of nitrogens with two attached hydrogens (primary N) is 1. The average molecular weight is 699 g/mol. The van der Waals surface area contributed by atoms with Gasteiger partial charge in [0.1, 0.15) is 11.5 Å². The van der Waals surface area contributed by atoms with Crippen LogP contribution in [0.4, 0.5) is 18.9 Å². The van der Waals surface area contributed by atoms with Crippen LogP contribution in [0.25, 0.3) is 18.0 Å². The number of nitrogens with one attached hydrogen (secondary N) is 2. The minimum Gasteiger partial charge on any atom is -0.383 e. The smallest absolute Gasteiger partial charge is 0.383 e. The van der Waals surface area contributed by atoms with E-state index < -0.39 is 29.4 Å². The van der Waals surface area contributed by atoms with Gasteiger partial charge in [0.15, 0.2) is 5.69 Å². The Balaban J connectivity index is 0.00000399. The quantitative estimate of drug-likeness (QED) is 0.216. The highest BCUT2D eigenvalue weighted by Gasteiger charge is 2.36. The molecule has 0 bridgehead atoms. The van der Waals surface area contributed by atoms with Gasteiger partial charge in [0.2, 0.25) is 0 Å². The van der Waals surface area contributed by atoms with E-state index in [-0.39, 0.29) is 33.7 Å². The van der Waals surface area contributed by atoms with Crippen molar-refractivity contribution in [3.63, 3.8) is 0 Å². The lowest BCUT2D eigenvalue weighted by Crippen LogP contribution is -2.33. The van der Waals surface area contributed by atoms with Crippen molar-refractivity contribution in [1.82, 2.24) is 15.1 Å². The molecule has 260 valence electrons. The van der Waals surface area contributed by atoms with Crippen LogP contribution in [0.2, 0.25) is 5.02 Å². The minimum absolute atomic E-state index is 0.0355. The number of carbonyl (C=O) groups excluding carboxylic acids is 2. The number of allylic oxidation sites excluding steroid dienone is 5. The molecule has 7 nitrogen and oxygen atoms in total. The molecule has 0 aliphatic rings. The summed E-state index contributed by atoms with van der Waals surface area (Å²) in [4.78, 5) is 26.8. The predicted octanol–water partition coefficient (Wildman–Crippen LogP) is 8.78. The number of aromatic nitrogens is 2. The highest BCUT2D eigenvalue weighted by molar-refractivity contribution is 6.35. The van der Waals surface area contributed by atoms with E-state index in [1.165, 1.54) is 12.5 Å². The van der Waals surface area contributed by atoms with E-state index in [2.05, 4.69) is 28.4 Å². The monoisotopic (exact) mass is 697 g/mol. The van der Waals surface area contributed by atoms with Gasteiger partial charge in [0.05, 0.1) is 21.3 Å². The van der Waals surface area contributed by atoms with Crippen molar-refractivity contribution in [3.8, 4) is 0 Å². The van der Waals surface area contributed by atoms with Gasteiger partial charge in [-0.2, -0.15) is 18.3 Å². The van der Waals surface area contributed by atoms with Crippen LogP contribution in [0.3, 0.4) is 0 Å². The van der Waals surface area contributed by atoms with E-state index in [1.807, 2.05) is 60.6 Å². The van der Waals surface area contributed by atoms with Crippen molar-refractivity contribution >= 4 is 58.7 Å². The summed E-state index contributed by atoms with van der Waals surface area (Å²) in [7, 11) is 0. The summed E-state index contributed by atoms with van der Waals surface area (Å²) < 4.78 is 41.0. The number of nitrogens with zero attached hydrogens (tertiary/aromatic N) is 2. The van der Waals surface area contributed by atoms with E-state index in [0.717, 1.165) is 18.4 Å². The van der Waals surface area contributed by atoms with Gasteiger partial charge < -0.3 is 16.4 Å². The lowest BCUT2D eigenvalue weighted by Gasteiger charge is -2.15. The molecule has 2 rings (SSSR count). The van der Waals surface area contributed by atoms with Gasteiger partial charge in [0.25, 0.3) is 11.8 Å². The molecule has 2 amide bonds. The van der Waals surface area contributed by atoms with Crippen LogP contribution in [-0.4, -0.2) is 28.1 Å². The molecule has 0 fully saturated rings. The zero-order valence-corrected chi connectivity index (χ0v) is 30.3. The SMILES string of the molecule is C/C=c1/c(Cl)c(NC(=O)c2cc(C(F)(F)F)nn2/C(N)=C(/C)Cl)c(C(=O)NC/C=C(\C)CCC=C(C)C)c/c1=C/CC.C=CC.CC. The number of hydrogen-bond donors (Lipinski definition) is 3. The molecule has 0 aliphatic heterocycles. The summed E-state index contributed by atoms with van der Waals surface area (Å²) in [6, 6.07) is 2.13. The molecule has 0 saturated heterocycles. The summed E-state index contributed by atoms with van der Waals surface area (Å²) in [6.45, 7) is 20.5. The lowest BCUT2D eigenvalue weighted by atomic mass is 10.1.